The van der Waals surface area contributed by atoms with E-state index < -0.39 is 29.0 Å². The van der Waals surface area contributed by atoms with Crippen molar-refractivity contribution in [2.75, 3.05) is 18.1 Å². The van der Waals surface area contributed by atoms with Crippen molar-refractivity contribution in [2.24, 2.45) is 5.41 Å². The number of nitro groups is 1. The van der Waals surface area contributed by atoms with Crippen LogP contribution in [0.3, 0.4) is 0 Å². The lowest BCUT2D eigenvalue weighted by Gasteiger charge is -2.38. The number of carbonyl (C=O) groups is 1. The Morgan fingerprint density at radius 1 is 1.32 bits per heavy atom. The van der Waals surface area contributed by atoms with Crippen LogP contribution in [0.15, 0.2) is 48.5 Å². The molecule has 0 saturated heterocycles. The maximum absolute atomic E-state index is 11.6. The van der Waals surface area contributed by atoms with Crippen LogP contribution in [-0.4, -0.2) is 40.4 Å². The van der Waals surface area contributed by atoms with Crippen molar-refractivity contribution in [3.8, 4) is 5.75 Å². The maximum Gasteiger partial charge on any atom is 0.311 e. The van der Waals surface area contributed by atoms with Gasteiger partial charge in [0.25, 0.3) is 5.69 Å². The Kier molecular flexibility index (Phi) is 5.51. The number of aliphatic hydroxyl groups excluding tert-OH is 1. The molecule has 2 atom stereocenters. The summed E-state index contributed by atoms with van der Waals surface area (Å²) < 4.78 is 5.94. The molecule has 0 aliphatic carbocycles. The van der Waals surface area contributed by atoms with Crippen LogP contribution in [-0.2, 0) is 11.3 Å². The average Bonchev–Trinajstić information content (AvgIpc) is 2.68. The lowest BCUT2D eigenvalue weighted by molar-refractivity contribution is -0.384. The van der Waals surface area contributed by atoms with Crippen LogP contribution in [0.4, 0.5) is 11.4 Å². The number of hydrogen-bond acceptors (Lipinski definition) is 6. The number of non-ortho nitro benzene ring substituents is 1. The second-order valence-electron chi connectivity index (χ2n) is 7.24. The molecule has 148 valence electrons. The molecule has 2 N–H and O–H groups in total. The maximum atomic E-state index is 11.6. The van der Waals surface area contributed by atoms with Crippen molar-refractivity contribution in [1.82, 2.24) is 0 Å². The highest BCUT2D eigenvalue weighted by atomic mass is 16.6. The zero-order valence-electron chi connectivity index (χ0n) is 15.4. The monoisotopic (exact) mass is 386 g/mol. The summed E-state index contributed by atoms with van der Waals surface area (Å²) in [4.78, 5) is 24.2. The number of fused-ring (bicyclic) bond motifs is 1. The van der Waals surface area contributed by atoms with Crippen molar-refractivity contribution >= 4 is 17.3 Å². The fourth-order valence-corrected chi connectivity index (χ4v) is 3.31. The SMILES string of the molecule is CC(CO)(C[C@H]1CN(Cc2ccccc2)c2cc([N+](=O)[O-])ccc2O1)C(=O)O. The van der Waals surface area contributed by atoms with Gasteiger partial charge >= 0.3 is 5.97 Å². The fourth-order valence-electron chi connectivity index (χ4n) is 3.31. The second-order valence-corrected chi connectivity index (χ2v) is 7.24. The van der Waals surface area contributed by atoms with E-state index in [0.717, 1.165) is 5.56 Å². The number of anilines is 1. The molecule has 0 radical (unpaired) electrons. The summed E-state index contributed by atoms with van der Waals surface area (Å²) in [6, 6.07) is 14.0. The van der Waals surface area contributed by atoms with Gasteiger partial charge in [-0.25, -0.2) is 0 Å². The van der Waals surface area contributed by atoms with Crippen LogP contribution in [0.5, 0.6) is 5.75 Å². The first-order chi connectivity index (χ1) is 13.3. The van der Waals surface area contributed by atoms with Gasteiger partial charge in [0, 0.05) is 25.1 Å². The first-order valence-corrected chi connectivity index (χ1v) is 8.90. The van der Waals surface area contributed by atoms with Crippen molar-refractivity contribution in [2.45, 2.75) is 26.0 Å². The molecule has 0 amide bonds. The van der Waals surface area contributed by atoms with E-state index in [1.165, 1.54) is 25.1 Å². The van der Waals surface area contributed by atoms with Crippen LogP contribution >= 0.6 is 0 Å². The Bertz CT molecular complexity index is 872. The van der Waals surface area contributed by atoms with Gasteiger partial charge < -0.3 is 19.8 Å². The molecule has 1 aliphatic rings. The number of carboxylic acids is 1. The summed E-state index contributed by atoms with van der Waals surface area (Å²) in [7, 11) is 0. The lowest BCUT2D eigenvalue weighted by Crippen LogP contribution is -2.45. The predicted octanol–water partition coefficient (Wildman–Crippen LogP) is 2.84. The van der Waals surface area contributed by atoms with Crippen LogP contribution in [0.1, 0.15) is 18.9 Å². The fraction of sp³-hybridized carbons (Fsp3) is 0.350. The lowest BCUT2D eigenvalue weighted by atomic mass is 9.84. The molecule has 28 heavy (non-hydrogen) atoms. The molecule has 1 heterocycles. The minimum absolute atomic E-state index is 0.0374. The molecule has 0 saturated carbocycles. The summed E-state index contributed by atoms with van der Waals surface area (Å²) in [6.45, 7) is 1.82. The van der Waals surface area contributed by atoms with Crippen LogP contribution in [0.25, 0.3) is 0 Å². The van der Waals surface area contributed by atoms with E-state index in [1.54, 1.807) is 0 Å². The Labute approximate surface area is 162 Å². The third kappa shape index (κ3) is 4.07. The van der Waals surface area contributed by atoms with E-state index >= 15 is 0 Å². The van der Waals surface area contributed by atoms with Crippen molar-refractivity contribution in [1.29, 1.82) is 0 Å². The number of nitrogens with zero attached hydrogens (tertiary/aromatic N) is 2. The first-order valence-electron chi connectivity index (χ1n) is 8.90. The number of carboxylic acid groups (broad SMARTS) is 1. The molecule has 2 aromatic rings. The number of ether oxygens (including phenoxy) is 1. The molecule has 1 unspecified atom stereocenters. The minimum atomic E-state index is -1.33. The average molecular weight is 386 g/mol. The second kappa shape index (κ2) is 7.85. The van der Waals surface area contributed by atoms with E-state index in [9.17, 15) is 25.1 Å². The van der Waals surface area contributed by atoms with Crippen molar-refractivity contribution in [3.63, 3.8) is 0 Å². The molecule has 8 heteroatoms. The Balaban J connectivity index is 1.93. The Morgan fingerprint density at radius 3 is 2.64 bits per heavy atom. The molecular weight excluding hydrogens is 364 g/mol. The van der Waals surface area contributed by atoms with Gasteiger partial charge in [0.05, 0.1) is 29.2 Å². The number of rotatable bonds is 7. The summed E-state index contributed by atoms with van der Waals surface area (Å²) >= 11 is 0. The summed E-state index contributed by atoms with van der Waals surface area (Å²) in [5.74, 6) is -0.633. The van der Waals surface area contributed by atoms with E-state index in [4.69, 9.17) is 4.74 Å². The third-order valence-corrected chi connectivity index (χ3v) is 4.97. The molecule has 0 spiro atoms. The number of hydrogen-bond donors (Lipinski definition) is 2. The van der Waals surface area contributed by atoms with Gasteiger partial charge in [-0.1, -0.05) is 30.3 Å². The molecule has 0 bridgehead atoms. The highest BCUT2D eigenvalue weighted by Gasteiger charge is 2.39. The van der Waals surface area contributed by atoms with Gasteiger partial charge in [-0.3, -0.25) is 14.9 Å². The van der Waals surface area contributed by atoms with Crippen LogP contribution < -0.4 is 9.64 Å². The highest BCUT2D eigenvalue weighted by Crippen LogP contribution is 2.39. The quantitative estimate of drug-likeness (QED) is 0.556. The third-order valence-electron chi connectivity index (χ3n) is 4.97. The summed E-state index contributed by atoms with van der Waals surface area (Å²) in [5.41, 5.74) is 0.241. The van der Waals surface area contributed by atoms with Gasteiger partial charge in [0.2, 0.25) is 0 Å². The van der Waals surface area contributed by atoms with Gasteiger partial charge in [-0.15, -0.1) is 0 Å². The van der Waals surface area contributed by atoms with Gasteiger partial charge in [0.1, 0.15) is 11.9 Å². The molecule has 0 fully saturated rings. The first kappa shape index (κ1) is 19.6. The predicted molar refractivity (Wildman–Crippen MR) is 102 cm³/mol. The van der Waals surface area contributed by atoms with Crippen LogP contribution in [0.2, 0.25) is 0 Å². The standard InChI is InChI=1S/C20H22N2O6/c1-20(13-23,19(24)25)10-16-12-21(11-14-5-3-2-4-6-14)17-9-15(22(26)27)7-8-18(17)28-16/h2-9,16,23H,10-13H2,1H3,(H,24,25)/t16-,20?/m0/s1. The minimum Gasteiger partial charge on any atom is -0.486 e. The summed E-state index contributed by atoms with van der Waals surface area (Å²) in [5, 5.41) is 30.2. The number of nitro benzene ring substituents is 1. The number of aliphatic hydroxyl groups is 1. The molecule has 2 aromatic carbocycles. The Hall–Kier alpha value is -3.13. The van der Waals surface area contributed by atoms with Crippen molar-refractivity contribution in [3.05, 3.63) is 64.2 Å². The van der Waals surface area contributed by atoms with E-state index in [-0.39, 0.29) is 12.1 Å². The van der Waals surface area contributed by atoms with Gasteiger partial charge in [0.15, 0.2) is 0 Å². The van der Waals surface area contributed by atoms with E-state index in [0.29, 0.717) is 24.5 Å². The smallest absolute Gasteiger partial charge is 0.311 e. The van der Waals surface area contributed by atoms with Crippen LogP contribution in [0, 0.1) is 15.5 Å². The molecule has 0 aromatic heterocycles. The largest absolute Gasteiger partial charge is 0.486 e. The van der Waals surface area contributed by atoms with Crippen molar-refractivity contribution < 1.29 is 24.7 Å². The highest BCUT2D eigenvalue weighted by molar-refractivity contribution is 5.74. The van der Waals surface area contributed by atoms with E-state index in [1.807, 2.05) is 35.2 Å². The summed E-state index contributed by atoms with van der Waals surface area (Å²) in [6.07, 6.45) is -0.369. The number of benzene rings is 2. The molecule has 3 rings (SSSR count). The van der Waals surface area contributed by atoms with Gasteiger partial charge in [-0.2, -0.15) is 0 Å². The molecule has 1 aliphatic heterocycles. The zero-order valence-corrected chi connectivity index (χ0v) is 15.4. The molecule has 8 nitrogen and oxygen atoms in total. The number of aliphatic carboxylic acids is 1. The van der Waals surface area contributed by atoms with E-state index in [2.05, 4.69) is 0 Å². The van der Waals surface area contributed by atoms with Gasteiger partial charge in [-0.05, 0) is 18.6 Å². The zero-order chi connectivity index (χ0) is 20.3. The topological polar surface area (TPSA) is 113 Å². The Morgan fingerprint density at radius 2 is 2.04 bits per heavy atom. The molecular formula is C20H22N2O6. The normalized spacial score (nSPS) is 17.9.